The Morgan fingerprint density at radius 2 is 1.88 bits per heavy atom. The Bertz CT molecular complexity index is 1130. The van der Waals surface area contributed by atoms with Gasteiger partial charge in [0.2, 0.25) is 11.8 Å². The van der Waals surface area contributed by atoms with Crippen LogP contribution in [0.15, 0.2) is 53.7 Å². The molecule has 2 amide bonds. The van der Waals surface area contributed by atoms with Gasteiger partial charge in [-0.25, -0.2) is 0 Å². The maximum absolute atomic E-state index is 12.9. The van der Waals surface area contributed by atoms with Crippen molar-refractivity contribution in [2.24, 2.45) is 0 Å². The van der Waals surface area contributed by atoms with Crippen molar-refractivity contribution in [1.82, 2.24) is 25.0 Å². The standard InChI is InChI=1S/C25H31N5O3S/c1-6-29(15-22(31)26-17(2)3)23(32)16-34-25-28-27-24(19-8-7-9-21(14-19)33-5)30(25)20-12-10-18(4)11-13-20/h7-14,17H,6,15-16H2,1-5H3,(H,26,31). The second-order valence-electron chi connectivity index (χ2n) is 8.13. The minimum absolute atomic E-state index is 0.0266. The van der Waals surface area contributed by atoms with E-state index in [2.05, 4.69) is 15.5 Å². The highest BCUT2D eigenvalue weighted by Gasteiger charge is 2.20. The summed E-state index contributed by atoms with van der Waals surface area (Å²) in [6.45, 7) is 8.16. The number of hydrogen-bond acceptors (Lipinski definition) is 6. The van der Waals surface area contributed by atoms with E-state index in [-0.39, 0.29) is 30.2 Å². The molecule has 0 unspecified atom stereocenters. The average molecular weight is 482 g/mol. The van der Waals surface area contributed by atoms with Crippen molar-refractivity contribution in [3.8, 4) is 22.8 Å². The number of aromatic nitrogens is 3. The molecule has 0 aliphatic heterocycles. The normalized spacial score (nSPS) is 10.9. The Balaban J connectivity index is 1.86. The van der Waals surface area contributed by atoms with Gasteiger partial charge in [0.25, 0.3) is 0 Å². The van der Waals surface area contributed by atoms with Crippen molar-refractivity contribution in [1.29, 1.82) is 0 Å². The number of amides is 2. The number of methoxy groups -OCH3 is 1. The zero-order valence-electron chi connectivity index (χ0n) is 20.2. The van der Waals surface area contributed by atoms with Crippen LogP contribution < -0.4 is 10.1 Å². The topological polar surface area (TPSA) is 89.3 Å². The molecule has 0 radical (unpaired) electrons. The van der Waals surface area contributed by atoms with Gasteiger partial charge in [-0.3, -0.25) is 14.2 Å². The number of rotatable bonds is 10. The van der Waals surface area contributed by atoms with Crippen LogP contribution >= 0.6 is 11.8 Å². The maximum atomic E-state index is 12.9. The Morgan fingerprint density at radius 1 is 1.15 bits per heavy atom. The number of likely N-dealkylation sites (N-methyl/N-ethyl adjacent to an activating group) is 1. The Kier molecular flexibility index (Phi) is 8.70. The smallest absolute Gasteiger partial charge is 0.239 e. The van der Waals surface area contributed by atoms with E-state index in [9.17, 15) is 9.59 Å². The number of thioether (sulfide) groups is 1. The van der Waals surface area contributed by atoms with Crippen molar-refractivity contribution < 1.29 is 14.3 Å². The molecule has 0 saturated heterocycles. The average Bonchev–Trinajstić information content (AvgIpc) is 3.25. The number of benzene rings is 2. The van der Waals surface area contributed by atoms with Crippen LogP contribution in [-0.4, -0.2) is 63.5 Å². The van der Waals surface area contributed by atoms with Crippen LogP contribution in [0.2, 0.25) is 0 Å². The molecule has 0 aliphatic carbocycles. The lowest BCUT2D eigenvalue weighted by Gasteiger charge is -2.21. The number of carbonyl (C=O) groups is 2. The van der Waals surface area contributed by atoms with E-state index in [1.54, 1.807) is 12.0 Å². The van der Waals surface area contributed by atoms with Gasteiger partial charge in [0.05, 0.1) is 19.4 Å². The summed E-state index contributed by atoms with van der Waals surface area (Å²) in [7, 11) is 1.62. The number of nitrogens with zero attached hydrogens (tertiary/aromatic N) is 4. The summed E-state index contributed by atoms with van der Waals surface area (Å²) in [5, 5.41) is 12.2. The molecule has 0 saturated carbocycles. The lowest BCUT2D eigenvalue weighted by atomic mass is 10.2. The first-order valence-corrected chi connectivity index (χ1v) is 12.2. The molecule has 180 valence electrons. The predicted octanol–water partition coefficient (Wildman–Crippen LogP) is 3.72. The SMILES string of the molecule is CCN(CC(=O)NC(C)C)C(=O)CSc1nnc(-c2cccc(OC)c2)n1-c1ccc(C)cc1. The second-order valence-corrected chi connectivity index (χ2v) is 9.07. The molecule has 1 N–H and O–H groups in total. The molecule has 1 heterocycles. The van der Waals surface area contributed by atoms with Crippen molar-refractivity contribution in [3.05, 3.63) is 54.1 Å². The second kappa shape index (κ2) is 11.7. The van der Waals surface area contributed by atoms with Crippen LogP contribution in [0.1, 0.15) is 26.3 Å². The van der Waals surface area contributed by atoms with Gasteiger partial charge in [-0.2, -0.15) is 0 Å². The molecule has 34 heavy (non-hydrogen) atoms. The van der Waals surface area contributed by atoms with Crippen LogP contribution in [0.4, 0.5) is 0 Å². The largest absolute Gasteiger partial charge is 0.497 e. The molecule has 0 spiro atoms. The van der Waals surface area contributed by atoms with Crippen molar-refractivity contribution in [2.45, 2.75) is 38.9 Å². The Hall–Kier alpha value is -3.33. The minimum atomic E-state index is -0.168. The molecule has 0 aliphatic rings. The van der Waals surface area contributed by atoms with Gasteiger partial charge in [-0.05, 0) is 52.0 Å². The van der Waals surface area contributed by atoms with Crippen LogP contribution in [0.5, 0.6) is 5.75 Å². The molecule has 9 heteroatoms. The van der Waals surface area contributed by atoms with Crippen molar-refractivity contribution in [3.63, 3.8) is 0 Å². The van der Waals surface area contributed by atoms with Crippen molar-refractivity contribution >= 4 is 23.6 Å². The molecule has 0 atom stereocenters. The summed E-state index contributed by atoms with van der Waals surface area (Å²) in [6.07, 6.45) is 0. The quantitative estimate of drug-likeness (QED) is 0.444. The van der Waals surface area contributed by atoms with Gasteiger partial charge in [-0.15, -0.1) is 10.2 Å². The molecule has 1 aromatic heterocycles. The monoisotopic (exact) mass is 481 g/mol. The number of ether oxygens (including phenoxy) is 1. The summed E-state index contributed by atoms with van der Waals surface area (Å²) < 4.78 is 7.31. The first-order chi connectivity index (χ1) is 16.3. The van der Waals surface area contributed by atoms with Crippen LogP contribution in [0, 0.1) is 6.92 Å². The maximum Gasteiger partial charge on any atom is 0.239 e. The summed E-state index contributed by atoms with van der Waals surface area (Å²) >= 11 is 1.30. The van der Waals surface area contributed by atoms with E-state index in [1.807, 2.05) is 80.8 Å². The highest BCUT2D eigenvalue weighted by molar-refractivity contribution is 7.99. The zero-order valence-corrected chi connectivity index (χ0v) is 21.1. The molecule has 0 bridgehead atoms. The first kappa shape index (κ1) is 25.3. The molecule has 0 fully saturated rings. The van der Waals surface area contributed by atoms with Gasteiger partial charge in [0.15, 0.2) is 11.0 Å². The molecule has 3 rings (SSSR count). The summed E-state index contributed by atoms with van der Waals surface area (Å²) in [4.78, 5) is 26.5. The summed E-state index contributed by atoms with van der Waals surface area (Å²) in [6, 6.07) is 15.7. The minimum Gasteiger partial charge on any atom is -0.497 e. The first-order valence-electron chi connectivity index (χ1n) is 11.2. The fourth-order valence-electron chi connectivity index (χ4n) is 3.37. The molecule has 2 aromatic carbocycles. The number of carbonyl (C=O) groups excluding carboxylic acids is 2. The van der Waals surface area contributed by atoms with Gasteiger partial charge >= 0.3 is 0 Å². The van der Waals surface area contributed by atoms with E-state index < -0.39 is 0 Å². The summed E-state index contributed by atoms with van der Waals surface area (Å²) in [5.74, 6) is 1.22. The number of aryl methyl sites for hydroxylation is 1. The highest BCUT2D eigenvalue weighted by atomic mass is 32.2. The van der Waals surface area contributed by atoms with E-state index in [1.165, 1.54) is 11.8 Å². The number of hydrogen-bond donors (Lipinski definition) is 1. The third-order valence-corrected chi connectivity index (χ3v) is 6.01. The summed E-state index contributed by atoms with van der Waals surface area (Å²) in [5.41, 5.74) is 2.89. The third-order valence-electron chi connectivity index (χ3n) is 5.10. The van der Waals surface area contributed by atoms with Crippen molar-refractivity contribution in [2.75, 3.05) is 26.0 Å². The van der Waals surface area contributed by atoms with E-state index in [0.717, 1.165) is 22.6 Å². The predicted molar refractivity (Wildman–Crippen MR) is 134 cm³/mol. The van der Waals surface area contributed by atoms with Gasteiger partial charge in [-0.1, -0.05) is 41.6 Å². The Morgan fingerprint density at radius 3 is 2.53 bits per heavy atom. The highest BCUT2D eigenvalue weighted by Crippen LogP contribution is 2.30. The van der Waals surface area contributed by atoms with Crippen LogP contribution in [0.25, 0.3) is 17.1 Å². The van der Waals surface area contributed by atoms with Crippen LogP contribution in [-0.2, 0) is 9.59 Å². The van der Waals surface area contributed by atoms with E-state index in [4.69, 9.17) is 4.74 Å². The lowest BCUT2D eigenvalue weighted by Crippen LogP contribution is -2.43. The van der Waals surface area contributed by atoms with Gasteiger partial charge < -0.3 is 15.0 Å². The fourth-order valence-corrected chi connectivity index (χ4v) is 4.23. The molecule has 3 aromatic rings. The molecular weight excluding hydrogens is 450 g/mol. The zero-order chi connectivity index (χ0) is 24.7. The van der Waals surface area contributed by atoms with E-state index >= 15 is 0 Å². The third kappa shape index (κ3) is 6.38. The Labute approximate surface area is 204 Å². The molecular formula is C25H31N5O3S. The van der Waals surface area contributed by atoms with Gasteiger partial charge in [0, 0.05) is 23.8 Å². The van der Waals surface area contributed by atoms with Gasteiger partial charge in [0.1, 0.15) is 5.75 Å². The van der Waals surface area contributed by atoms with E-state index in [0.29, 0.717) is 17.5 Å². The number of nitrogens with one attached hydrogen (secondary N) is 1. The van der Waals surface area contributed by atoms with Crippen LogP contribution in [0.3, 0.4) is 0 Å². The fraction of sp³-hybridized carbons (Fsp3) is 0.360. The lowest BCUT2D eigenvalue weighted by molar-refractivity contribution is -0.134. The molecule has 8 nitrogen and oxygen atoms in total.